The molecule has 2 fully saturated rings. The van der Waals surface area contributed by atoms with Crippen LogP contribution in [0.1, 0.15) is 62.1 Å². The normalized spacial score (nSPS) is 22.0. The summed E-state index contributed by atoms with van der Waals surface area (Å²) in [6.07, 6.45) is 9.35. The maximum Gasteiger partial charge on any atom is 0.334 e. The molecule has 6 heteroatoms. The third-order valence-corrected chi connectivity index (χ3v) is 5.84. The summed E-state index contributed by atoms with van der Waals surface area (Å²) in [4.78, 5) is 13.9. The van der Waals surface area contributed by atoms with Gasteiger partial charge in [-0.05, 0) is 44.7 Å². The Morgan fingerprint density at radius 3 is 2.60 bits per heavy atom. The molecule has 140 valence electrons. The number of rotatable bonds is 5. The number of aryl methyl sites for hydroxylation is 1. The lowest BCUT2D eigenvalue weighted by atomic mass is 9.85. The standard InChI is InChI=1S/C19H31N3O3/c1-21-12-16(17(20-21)14-6-4-3-5-7-14)13-22-10-8-15(9-11-22)18(23)19(24)25-2/h12,14-15,18,23H,3-11,13H2,1-2H3. The molecule has 0 aromatic carbocycles. The molecule has 1 aromatic rings. The van der Waals surface area contributed by atoms with Crippen molar-refractivity contribution in [1.29, 1.82) is 0 Å². The van der Waals surface area contributed by atoms with Crippen LogP contribution in [0.25, 0.3) is 0 Å². The van der Waals surface area contributed by atoms with Gasteiger partial charge < -0.3 is 9.84 Å². The molecule has 1 saturated heterocycles. The summed E-state index contributed by atoms with van der Waals surface area (Å²) in [5, 5.41) is 14.8. The predicted octanol–water partition coefficient (Wildman–Crippen LogP) is 2.21. The molecule has 1 aliphatic heterocycles. The molecule has 0 bridgehead atoms. The van der Waals surface area contributed by atoms with Gasteiger partial charge in [-0.25, -0.2) is 4.79 Å². The zero-order valence-corrected chi connectivity index (χ0v) is 15.5. The fraction of sp³-hybridized carbons (Fsp3) is 0.789. The Kier molecular flexibility index (Phi) is 6.12. The van der Waals surface area contributed by atoms with Crippen LogP contribution in [0, 0.1) is 5.92 Å². The molecule has 1 unspecified atom stereocenters. The zero-order chi connectivity index (χ0) is 17.8. The van der Waals surface area contributed by atoms with Gasteiger partial charge in [-0.2, -0.15) is 5.10 Å². The van der Waals surface area contributed by atoms with Crippen molar-refractivity contribution in [2.24, 2.45) is 13.0 Å². The van der Waals surface area contributed by atoms with Crippen molar-refractivity contribution in [3.8, 4) is 0 Å². The van der Waals surface area contributed by atoms with Crippen LogP contribution in [0.3, 0.4) is 0 Å². The second-order valence-corrected chi connectivity index (χ2v) is 7.63. The van der Waals surface area contributed by atoms with Gasteiger partial charge in [0, 0.05) is 31.3 Å². The molecule has 1 atom stereocenters. The van der Waals surface area contributed by atoms with Crippen LogP contribution in [0.2, 0.25) is 0 Å². The van der Waals surface area contributed by atoms with E-state index in [-0.39, 0.29) is 5.92 Å². The van der Waals surface area contributed by atoms with Crippen LogP contribution in [-0.2, 0) is 23.1 Å². The van der Waals surface area contributed by atoms with E-state index in [0.29, 0.717) is 5.92 Å². The summed E-state index contributed by atoms with van der Waals surface area (Å²) in [6, 6.07) is 0. The number of likely N-dealkylation sites (tertiary alicyclic amines) is 1. The van der Waals surface area contributed by atoms with Gasteiger partial charge in [0.2, 0.25) is 0 Å². The van der Waals surface area contributed by atoms with Gasteiger partial charge in [0.15, 0.2) is 6.10 Å². The molecule has 0 radical (unpaired) electrons. The third kappa shape index (κ3) is 4.42. The van der Waals surface area contributed by atoms with Gasteiger partial charge in [-0.3, -0.25) is 9.58 Å². The quantitative estimate of drug-likeness (QED) is 0.826. The molecule has 6 nitrogen and oxygen atoms in total. The Morgan fingerprint density at radius 2 is 1.96 bits per heavy atom. The highest BCUT2D eigenvalue weighted by molar-refractivity contribution is 5.74. The SMILES string of the molecule is COC(=O)C(O)C1CCN(Cc2cn(C)nc2C2CCCCC2)CC1. The van der Waals surface area contributed by atoms with E-state index in [1.165, 1.54) is 50.5 Å². The van der Waals surface area contributed by atoms with E-state index in [0.717, 1.165) is 32.5 Å². The first-order valence-electron chi connectivity index (χ1n) is 9.59. The number of piperidine rings is 1. The average molecular weight is 349 g/mol. The van der Waals surface area contributed by atoms with Crippen LogP contribution in [0.4, 0.5) is 0 Å². The van der Waals surface area contributed by atoms with Crippen molar-refractivity contribution in [1.82, 2.24) is 14.7 Å². The van der Waals surface area contributed by atoms with Gasteiger partial charge in [-0.15, -0.1) is 0 Å². The smallest absolute Gasteiger partial charge is 0.334 e. The number of aliphatic hydroxyl groups excluding tert-OH is 1. The molecule has 1 saturated carbocycles. The predicted molar refractivity (Wildman–Crippen MR) is 95.1 cm³/mol. The number of esters is 1. The number of hydrogen-bond donors (Lipinski definition) is 1. The first-order valence-corrected chi connectivity index (χ1v) is 9.59. The minimum Gasteiger partial charge on any atom is -0.467 e. The van der Waals surface area contributed by atoms with E-state index >= 15 is 0 Å². The summed E-state index contributed by atoms with van der Waals surface area (Å²) in [5.41, 5.74) is 2.64. The van der Waals surface area contributed by atoms with E-state index in [1.807, 2.05) is 11.7 Å². The van der Waals surface area contributed by atoms with Crippen LogP contribution < -0.4 is 0 Å². The van der Waals surface area contributed by atoms with E-state index in [4.69, 9.17) is 5.10 Å². The van der Waals surface area contributed by atoms with E-state index in [2.05, 4.69) is 15.8 Å². The molecule has 2 aliphatic rings. The summed E-state index contributed by atoms with van der Waals surface area (Å²) >= 11 is 0. The molecule has 25 heavy (non-hydrogen) atoms. The molecule has 1 aliphatic carbocycles. The van der Waals surface area contributed by atoms with E-state index in [9.17, 15) is 9.90 Å². The van der Waals surface area contributed by atoms with Crippen molar-refractivity contribution in [3.05, 3.63) is 17.5 Å². The fourth-order valence-electron chi connectivity index (χ4n) is 4.38. The second kappa shape index (κ2) is 8.32. The highest BCUT2D eigenvalue weighted by Crippen LogP contribution is 2.34. The number of nitrogens with zero attached hydrogens (tertiary/aromatic N) is 3. The number of methoxy groups -OCH3 is 1. The second-order valence-electron chi connectivity index (χ2n) is 7.63. The van der Waals surface area contributed by atoms with Gasteiger partial charge in [0.1, 0.15) is 0 Å². The topological polar surface area (TPSA) is 67.6 Å². The largest absolute Gasteiger partial charge is 0.467 e. The number of aromatic nitrogens is 2. The Balaban J connectivity index is 1.58. The number of ether oxygens (including phenoxy) is 1. The van der Waals surface area contributed by atoms with Crippen molar-refractivity contribution in [2.45, 2.75) is 63.5 Å². The molecular weight excluding hydrogens is 318 g/mol. The maximum absolute atomic E-state index is 11.5. The van der Waals surface area contributed by atoms with E-state index < -0.39 is 12.1 Å². The maximum atomic E-state index is 11.5. The Hall–Kier alpha value is -1.40. The van der Waals surface area contributed by atoms with Crippen LogP contribution in [0.15, 0.2) is 6.20 Å². The Bertz CT molecular complexity index is 572. The molecule has 2 heterocycles. The van der Waals surface area contributed by atoms with Crippen LogP contribution in [-0.4, -0.2) is 52.1 Å². The highest BCUT2D eigenvalue weighted by atomic mass is 16.5. The first-order chi connectivity index (χ1) is 12.1. The average Bonchev–Trinajstić information content (AvgIpc) is 3.02. The number of carbonyl (C=O) groups excluding carboxylic acids is 1. The molecule has 0 spiro atoms. The monoisotopic (exact) mass is 349 g/mol. The summed E-state index contributed by atoms with van der Waals surface area (Å²) in [6.45, 7) is 2.72. The van der Waals surface area contributed by atoms with Crippen molar-refractivity contribution in [2.75, 3.05) is 20.2 Å². The fourth-order valence-corrected chi connectivity index (χ4v) is 4.38. The van der Waals surface area contributed by atoms with E-state index in [1.54, 1.807) is 0 Å². The number of hydrogen-bond acceptors (Lipinski definition) is 5. The third-order valence-electron chi connectivity index (χ3n) is 5.84. The number of carbonyl (C=O) groups is 1. The minimum absolute atomic E-state index is 0.00964. The highest BCUT2D eigenvalue weighted by Gasteiger charge is 2.31. The van der Waals surface area contributed by atoms with Crippen molar-refractivity contribution >= 4 is 5.97 Å². The molecule has 3 rings (SSSR count). The lowest BCUT2D eigenvalue weighted by Crippen LogP contribution is -2.40. The van der Waals surface area contributed by atoms with Crippen LogP contribution in [0.5, 0.6) is 0 Å². The summed E-state index contributed by atoms with van der Waals surface area (Å²) in [7, 11) is 3.34. The van der Waals surface area contributed by atoms with Crippen molar-refractivity contribution in [3.63, 3.8) is 0 Å². The lowest BCUT2D eigenvalue weighted by Gasteiger charge is -2.33. The molecular formula is C19H31N3O3. The van der Waals surface area contributed by atoms with Gasteiger partial charge in [0.05, 0.1) is 12.8 Å². The lowest BCUT2D eigenvalue weighted by molar-refractivity contribution is -0.154. The number of aliphatic hydroxyl groups is 1. The molecule has 0 amide bonds. The Morgan fingerprint density at radius 1 is 1.28 bits per heavy atom. The van der Waals surface area contributed by atoms with Crippen molar-refractivity contribution < 1.29 is 14.6 Å². The Labute approximate surface area is 150 Å². The summed E-state index contributed by atoms with van der Waals surface area (Å²) in [5.74, 6) is 0.115. The van der Waals surface area contributed by atoms with Crippen LogP contribution >= 0.6 is 0 Å². The van der Waals surface area contributed by atoms with Gasteiger partial charge in [0.25, 0.3) is 0 Å². The summed E-state index contributed by atoms with van der Waals surface area (Å²) < 4.78 is 6.61. The van der Waals surface area contributed by atoms with Gasteiger partial charge in [-0.1, -0.05) is 19.3 Å². The zero-order valence-electron chi connectivity index (χ0n) is 15.5. The van der Waals surface area contributed by atoms with Gasteiger partial charge >= 0.3 is 5.97 Å². The molecule has 1 N–H and O–H groups in total. The molecule has 1 aromatic heterocycles. The minimum atomic E-state index is -0.983. The first kappa shape index (κ1) is 18.4.